The lowest BCUT2D eigenvalue weighted by atomic mass is 10.1. The molecule has 3 N–H and O–H groups in total. The van der Waals surface area contributed by atoms with E-state index in [1.165, 1.54) is 6.33 Å². The molecule has 1 aromatic heterocycles. The zero-order valence-corrected chi connectivity index (χ0v) is 17.8. The number of aliphatic hydroxyl groups is 1. The van der Waals surface area contributed by atoms with Crippen LogP contribution in [0.25, 0.3) is 11.1 Å². The highest BCUT2D eigenvalue weighted by Gasteiger charge is 2.19. The van der Waals surface area contributed by atoms with Gasteiger partial charge in [-0.15, -0.1) is 0 Å². The van der Waals surface area contributed by atoms with Crippen molar-refractivity contribution in [2.45, 2.75) is 13.3 Å². The van der Waals surface area contributed by atoms with Crippen LogP contribution in [0.1, 0.15) is 13.3 Å². The van der Waals surface area contributed by atoms with Gasteiger partial charge < -0.3 is 14.6 Å². The van der Waals surface area contributed by atoms with Crippen LogP contribution < -0.4 is 14.2 Å². The van der Waals surface area contributed by atoms with Crippen molar-refractivity contribution < 1.29 is 23.0 Å². The topological polar surface area (TPSA) is 123 Å². The Kier molecular flexibility index (Phi) is 9.06. The smallest absolute Gasteiger partial charge is 0.300 e. The minimum absolute atomic E-state index is 0.0751. The second kappa shape index (κ2) is 11.3. The second-order valence-corrected chi connectivity index (χ2v) is 8.01. The van der Waals surface area contributed by atoms with Gasteiger partial charge in [0, 0.05) is 11.0 Å². The summed E-state index contributed by atoms with van der Waals surface area (Å²) in [4.78, 5) is 8.23. The summed E-state index contributed by atoms with van der Waals surface area (Å²) >= 11 is 3.38. The number of benzene rings is 1. The van der Waals surface area contributed by atoms with Crippen LogP contribution >= 0.6 is 15.9 Å². The Bertz CT molecular complexity index is 849. The number of rotatable bonds is 12. The van der Waals surface area contributed by atoms with E-state index < -0.39 is 10.2 Å². The SMILES string of the molecule is CCCNS(=O)(=O)Nc1ncnc(OCCOCCO)c1-c1ccc(Br)cc1. The van der Waals surface area contributed by atoms with Gasteiger partial charge in [0.1, 0.15) is 12.9 Å². The van der Waals surface area contributed by atoms with E-state index >= 15 is 0 Å². The zero-order chi connectivity index (χ0) is 20.4. The molecule has 0 spiro atoms. The molecular weight excluding hydrogens is 452 g/mol. The highest BCUT2D eigenvalue weighted by molar-refractivity contribution is 9.10. The average Bonchev–Trinajstić information content (AvgIpc) is 2.67. The number of anilines is 1. The van der Waals surface area contributed by atoms with Gasteiger partial charge in [-0.2, -0.15) is 13.1 Å². The Hall–Kier alpha value is -1.79. The van der Waals surface area contributed by atoms with Crippen molar-refractivity contribution in [1.29, 1.82) is 0 Å². The third-order valence-corrected chi connectivity index (χ3v) is 5.00. The summed E-state index contributed by atoms with van der Waals surface area (Å²) in [6, 6.07) is 7.25. The van der Waals surface area contributed by atoms with Crippen molar-refractivity contribution >= 4 is 32.0 Å². The molecule has 0 unspecified atom stereocenters. The number of aliphatic hydroxyl groups excluding tert-OH is 1. The fraction of sp³-hybridized carbons (Fsp3) is 0.412. The van der Waals surface area contributed by atoms with E-state index in [4.69, 9.17) is 14.6 Å². The van der Waals surface area contributed by atoms with Crippen LogP contribution in [-0.4, -0.2) is 56.5 Å². The standard InChI is InChI=1S/C17H23BrN4O5S/c1-2-7-21-28(24,25)22-16-15(13-3-5-14(18)6-4-13)17(20-12-19-16)27-11-10-26-9-8-23/h3-6,12,21,23H,2,7-11H2,1H3,(H,19,20,22). The molecule has 0 saturated heterocycles. The van der Waals surface area contributed by atoms with Crippen LogP contribution in [0, 0.1) is 0 Å². The van der Waals surface area contributed by atoms with Crippen molar-refractivity contribution in [3.8, 4) is 17.0 Å². The van der Waals surface area contributed by atoms with E-state index in [0.717, 1.165) is 4.47 Å². The molecule has 0 amide bonds. The summed E-state index contributed by atoms with van der Waals surface area (Å²) in [7, 11) is -3.79. The number of hydrogen-bond donors (Lipinski definition) is 3. The first kappa shape index (κ1) is 22.5. The average molecular weight is 475 g/mol. The molecule has 0 aliphatic heterocycles. The molecule has 0 aliphatic carbocycles. The monoisotopic (exact) mass is 474 g/mol. The minimum Gasteiger partial charge on any atom is -0.475 e. The zero-order valence-electron chi connectivity index (χ0n) is 15.4. The summed E-state index contributed by atoms with van der Waals surface area (Å²) in [5.74, 6) is 0.324. The molecule has 154 valence electrons. The van der Waals surface area contributed by atoms with Gasteiger partial charge in [0.05, 0.1) is 25.4 Å². The van der Waals surface area contributed by atoms with Gasteiger partial charge >= 0.3 is 0 Å². The van der Waals surface area contributed by atoms with Crippen LogP contribution in [0.2, 0.25) is 0 Å². The van der Waals surface area contributed by atoms with E-state index in [1.807, 2.05) is 19.1 Å². The number of aromatic nitrogens is 2. The molecule has 2 rings (SSSR count). The maximum atomic E-state index is 12.3. The van der Waals surface area contributed by atoms with Crippen LogP contribution in [0.3, 0.4) is 0 Å². The number of ether oxygens (including phenoxy) is 2. The summed E-state index contributed by atoms with van der Waals surface area (Å²) in [6.07, 6.45) is 1.89. The first-order chi connectivity index (χ1) is 13.5. The third kappa shape index (κ3) is 6.99. The van der Waals surface area contributed by atoms with Crippen molar-refractivity contribution in [2.75, 3.05) is 37.7 Å². The van der Waals surface area contributed by atoms with Crippen molar-refractivity contribution in [3.63, 3.8) is 0 Å². The Morgan fingerprint density at radius 1 is 1.14 bits per heavy atom. The van der Waals surface area contributed by atoms with Crippen LogP contribution in [-0.2, 0) is 14.9 Å². The van der Waals surface area contributed by atoms with Gasteiger partial charge in [0.2, 0.25) is 5.88 Å². The van der Waals surface area contributed by atoms with Gasteiger partial charge in [-0.1, -0.05) is 35.0 Å². The molecule has 0 fully saturated rings. The molecule has 0 radical (unpaired) electrons. The molecule has 9 nitrogen and oxygen atoms in total. The first-order valence-electron chi connectivity index (χ1n) is 8.66. The van der Waals surface area contributed by atoms with Crippen LogP contribution in [0.4, 0.5) is 5.82 Å². The molecule has 1 heterocycles. The predicted octanol–water partition coefficient (Wildman–Crippen LogP) is 1.95. The van der Waals surface area contributed by atoms with E-state index in [2.05, 4.69) is 35.3 Å². The highest BCUT2D eigenvalue weighted by Crippen LogP contribution is 2.34. The van der Waals surface area contributed by atoms with Crippen molar-refractivity contribution in [2.24, 2.45) is 0 Å². The predicted molar refractivity (Wildman–Crippen MR) is 109 cm³/mol. The molecule has 1 aromatic carbocycles. The van der Waals surface area contributed by atoms with E-state index in [0.29, 0.717) is 24.1 Å². The minimum atomic E-state index is -3.79. The maximum absolute atomic E-state index is 12.3. The summed E-state index contributed by atoms with van der Waals surface area (Å²) in [5.41, 5.74) is 1.10. The van der Waals surface area contributed by atoms with Crippen molar-refractivity contribution in [1.82, 2.24) is 14.7 Å². The maximum Gasteiger partial charge on any atom is 0.300 e. The van der Waals surface area contributed by atoms with Gasteiger partial charge in [0.25, 0.3) is 10.2 Å². The van der Waals surface area contributed by atoms with Gasteiger partial charge in [-0.3, -0.25) is 4.72 Å². The molecule has 11 heteroatoms. The summed E-state index contributed by atoms with van der Waals surface area (Å²) < 4.78 is 41.1. The second-order valence-electron chi connectivity index (χ2n) is 5.59. The van der Waals surface area contributed by atoms with Crippen LogP contribution in [0.15, 0.2) is 35.1 Å². The first-order valence-corrected chi connectivity index (χ1v) is 10.9. The van der Waals surface area contributed by atoms with Crippen LogP contribution in [0.5, 0.6) is 5.88 Å². The van der Waals surface area contributed by atoms with E-state index in [1.54, 1.807) is 12.1 Å². The normalized spacial score (nSPS) is 11.4. The molecule has 2 aromatic rings. The molecule has 0 aliphatic rings. The Labute approximate surface area is 172 Å². The molecule has 28 heavy (non-hydrogen) atoms. The quantitative estimate of drug-likeness (QED) is 0.401. The molecule has 0 atom stereocenters. The van der Waals surface area contributed by atoms with Gasteiger partial charge in [-0.25, -0.2) is 9.97 Å². The van der Waals surface area contributed by atoms with E-state index in [-0.39, 0.29) is 38.1 Å². The largest absolute Gasteiger partial charge is 0.475 e. The van der Waals surface area contributed by atoms with Gasteiger partial charge in [-0.05, 0) is 24.1 Å². The lowest BCUT2D eigenvalue weighted by Gasteiger charge is -2.15. The lowest BCUT2D eigenvalue weighted by molar-refractivity contribution is 0.0696. The number of halogens is 1. The number of nitrogens with one attached hydrogen (secondary N) is 2. The molecular formula is C17H23BrN4O5S. The molecule has 0 bridgehead atoms. The summed E-state index contributed by atoms with van der Waals surface area (Å²) in [6.45, 7) is 2.74. The molecule has 0 saturated carbocycles. The lowest BCUT2D eigenvalue weighted by Crippen LogP contribution is -2.31. The third-order valence-electron chi connectivity index (χ3n) is 3.42. The Balaban J connectivity index is 2.32. The summed E-state index contributed by atoms with van der Waals surface area (Å²) in [5, 5.41) is 8.74. The Morgan fingerprint density at radius 3 is 2.57 bits per heavy atom. The fourth-order valence-electron chi connectivity index (χ4n) is 2.20. The van der Waals surface area contributed by atoms with Crippen molar-refractivity contribution in [3.05, 3.63) is 35.1 Å². The number of nitrogens with zero attached hydrogens (tertiary/aromatic N) is 2. The fourth-order valence-corrected chi connectivity index (χ4v) is 3.42. The Morgan fingerprint density at radius 2 is 1.89 bits per heavy atom. The highest BCUT2D eigenvalue weighted by atomic mass is 79.9. The number of hydrogen-bond acceptors (Lipinski definition) is 7. The van der Waals surface area contributed by atoms with E-state index in [9.17, 15) is 8.42 Å². The van der Waals surface area contributed by atoms with Gasteiger partial charge in [0.15, 0.2) is 5.82 Å².